The van der Waals surface area contributed by atoms with Gasteiger partial charge in [-0.15, -0.1) is 10.2 Å². The summed E-state index contributed by atoms with van der Waals surface area (Å²) in [4.78, 5) is 12.8. The fourth-order valence-electron chi connectivity index (χ4n) is 4.02. The molecule has 3 aromatic heterocycles. The lowest BCUT2D eigenvalue weighted by Gasteiger charge is -2.22. The van der Waals surface area contributed by atoms with E-state index >= 15 is 0 Å². The molecule has 0 fully saturated rings. The highest BCUT2D eigenvalue weighted by molar-refractivity contribution is 7.93. The lowest BCUT2D eigenvalue weighted by atomic mass is 10.1. The highest BCUT2D eigenvalue weighted by atomic mass is 32.2. The van der Waals surface area contributed by atoms with Crippen molar-refractivity contribution in [3.8, 4) is 17.1 Å². The summed E-state index contributed by atoms with van der Waals surface area (Å²) < 4.78 is 37.0. The van der Waals surface area contributed by atoms with Crippen LogP contribution in [0.2, 0.25) is 0 Å². The van der Waals surface area contributed by atoms with Gasteiger partial charge in [-0.25, -0.2) is 18.4 Å². The van der Waals surface area contributed by atoms with Gasteiger partial charge in [-0.05, 0) is 62.9 Å². The van der Waals surface area contributed by atoms with Crippen LogP contribution < -0.4 is 4.72 Å². The first-order chi connectivity index (χ1) is 17.1. The zero-order chi connectivity index (χ0) is 26.0. The number of sulfonamides is 1. The third-order valence-corrected chi connectivity index (χ3v) is 7.61. The maximum atomic E-state index is 13.6. The molecule has 1 N–H and O–H groups in total. The molecule has 0 saturated carbocycles. The second-order valence-electron chi connectivity index (χ2n) is 8.80. The number of ether oxygens (including phenoxy) is 1. The zero-order valence-electron chi connectivity index (χ0n) is 21.1. The number of aromatic nitrogens is 6. The molecule has 0 radical (unpaired) electrons. The summed E-state index contributed by atoms with van der Waals surface area (Å²) in [5.74, 6) is 0.818. The number of methoxy groups -OCH3 is 1. The van der Waals surface area contributed by atoms with Gasteiger partial charge in [-0.2, -0.15) is 0 Å². The summed E-state index contributed by atoms with van der Waals surface area (Å²) in [5, 5.41) is 7.56. The second kappa shape index (κ2) is 10.1. The number of pyridine rings is 1. The molecular formula is C25H29N7O3S. The quantitative estimate of drug-likeness (QED) is 0.381. The predicted molar refractivity (Wildman–Crippen MR) is 137 cm³/mol. The molecule has 36 heavy (non-hydrogen) atoms. The van der Waals surface area contributed by atoms with Crippen LogP contribution in [0.1, 0.15) is 41.1 Å². The van der Waals surface area contributed by atoms with Crippen molar-refractivity contribution in [2.75, 3.05) is 11.8 Å². The number of hydrogen-bond donors (Lipinski definition) is 1. The fraction of sp³-hybridized carbons (Fsp3) is 0.320. The molecular weight excluding hydrogens is 478 g/mol. The van der Waals surface area contributed by atoms with Crippen LogP contribution in [0.25, 0.3) is 17.1 Å². The molecule has 0 spiro atoms. The number of rotatable bonds is 8. The van der Waals surface area contributed by atoms with E-state index in [1.165, 1.54) is 7.11 Å². The van der Waals surface area contributed by atoms with Crippen molar-refractivity contribution < 1.29 is 13.2 Å². The third-order valence-electron chi connectivity index (χ3n) is 5.92. The highest BCUT2D eigenvalue weighted by Crippen LogP contribution is 2.31. The summed E-state index contributed by atoms with van der Waals surface area (Å²) in [5.41, 5.74) is 5.18. The van der Waals surface area contributed by atoms with Crippen molar-refractivity contribution in [1.29, 1.82) is 0 Å². The maximum Gasteiger partial charge on any atom is 0.243 e. The predicted octanol–water partition coefficient (Wildman–Crippen LogP) is 3.87. The standard InChI is InChI=1S/C25H29N7O3S/c1-15-10-20(14-26-11-15)24-29-30-25(32(24)21-17(3)8-7-9-18(21)4)31-36(33,34)19(5)22(35-6)23-27-12-16(2)13-28-23/h7-14,19,22H,1-6H3,(H,30,31). The molecule has 0 aliphatic carbocycles. The normalized spacial score (nSPS) is 13.4. The molecule has 0 saturated heterocycles. The van der Waals surface area contributed by atoms with Gasteiger partial charge in [0.1, 0.15) is 11.4 Å². The van der Waals surface area contributed by atoms with Crippen LogP contribution in [0.3, 0.4) is 0 Å². The second-order valence-corrected chi connectivity index (χ2v) is 10.8. The summed E-state index contributed by atoms with van der Waals surface area (Å²) in [6, 6.07) is 7.79. The average molecular weight is 508 g/mol. The molecule has 0 bridgehead atoms. The smallest absolute Gasteiger partial charge is 0.243 e. The van der Waals surface area contributed by atoms with Crippen molar-refractivity contribution in [1.82, 2.24) is 29.7 Å². The monoisotopic (exact) mass is 507 g/mol. The van der Waals surface area contributed by atoms with Gasteiger partial charge < -0.3 is 4.74 Å². The van der Waals surface area contributed by atoms with Crippen LogP contribution >= 0.6 is 0 Å². The van der Waals surface area contributed by atoms with Gasteiger partial charge >= 0.3 is 0 Å². The molecule has 11 heteroatoms. The average Bonchev–Trinajstić information content (AvgIpc) is 3.23. The van der Waals surface area contributed by atoms with Gasteiger partial charge in [0.05, 0.1) is 5.69 Å². The van der Waals surface area contributed by atoms with Crippen LogP contribution in [0.5, 0.6) is 0 Å². The van der Waals surface area contributed by atoms with E-state index < -0.39 is 21.4 Å². The van der Waals surface area contributed by atoms with E-state index in [4.69, 9.17) is 4.74 Å². The Bertz CT molecular complexity index is 1460. The first-order valence-electron chi connectivity index (χ1n) is 11.4. The van der Waals surface area contributed by atoms with Gasteiger partial charge in [0.2, 0.25) is 16.0 Å². The van der Waals surface area contributed by atoms with E-state index in [1.807, 2.05) is 52.0 Å². The minimum absolute atomic E-state index is 0.0652. The Morgan fingerprint density at radius 1 is 0.944 bits per heavy atom. The van der Waals surface area contributed by atoms with E-state index in [0.29, 0.717) is 11.4 Å². The third kappa shape index (κ3) is 4.98. The molecule has 4 rings (SSSR count). The van der Waals surface area contributed by atoms with Gasteiger partial charge in [-0.3, -0.25) is 14.3 Å². The van der Waals surface area contributed by atoms with Crippen molar-refractivity contribution >= 4 is 16.0 Å². The Kier molecular flexibility index (Phi) is 7.14. The van der Waals surface area contributed by atoms with E-state index in [-0.39, 0.29) is 11.8 Å². The van der Waals surface area contributed by atoms with Gasteiger partial charge in [0.25, 0.3) is 0 Å². The zero-order valence-corrected chi connectivity index (χ0v) is 21.9. The molecule has 1 aromatic carbocycles. The minimum atomic E-state index is -4.01. The van der Waals surface area contributed by atoms with Crippen molar-refractivity contribution in [3.63, 3.8) is 0 Å². The number of aryl methyl sites for hydroxylation is 4. The van der Waals surface area contributed by atoms with E-state index in [0.717, 1.165) is 27.9 Å². The molecule has 0 amide bonds. The van der Waals surface area contributed by atoms with Crippen molar-refractivity contribution in [3.05, 3.63) is 77.1 Å². The number of benzene rings is 1. The van der Waals surface area contributed by atoms with Gasteiger partial charge in [0, 0.05) is 37.5 Å². The molecule has 10 nitrogen and oxygen atoms in total. The molecule has 188 valence electrons. The Morgan fingerprint density at radius 3 is 2.22 bits per heavy atom. The lowest BCUT2D eigenvalue weighted by Crippen LogP contribution is -2.33. The minimum Gasteiger partial charge on any atom is -0.372 e. The number of nitrogens with one attached hydrogen (secondary N) is 1. The molecule has 2 unspecified atom stereocenters. The van der Waals surface area contributed by atoms with Crippen molar-refractivity contribution in [2.24, 2.45) is 0 Å². The fourth-order valence-corrected chi connectivity index (χ4v) is 5.15. The summed E-state index contributed by atoms with van der Waals surface area (Å²) in [6.07, 6.45) is 5.78. The topological polar surface area (TPSA) is 125 Å². The van der Waals surface area contributed by atoms with E-state index in [9.17, 15) is 8.42 Å². The van der Waals surface area contributed by atoms with Crippen LogP contribution in [-0.2, 0) is 14.8 Å². The van der Waals surface area contributed by atoms with E-state index in [1.54, 1.807) is 36.3 Å². The van der Waals surface area contributed by atoms with Crippen LogP contribution in [0.4, 0.5) is 5.95 Å². The SMILES string of the molecule is COC(c1ncc(C)cn1)C(C)S(=O)(=O)Nc1nnc(-c2cncc(C)c2)n1-c1c(C)cccc1C. The van der Waals surface area contributed by atoms with Crippen LogP contribution in [-0.4, -0.2) is 50.5 Å². The van der Waals surface area contributed by atoms with E-state index in [2.05, 4.69) is 29.9 Å². The van der Waals surface area contributed by atoms with Crippen LogP contribution in [0, 0.1) is 27.7 Å². The number of hydrogen-bond acceptors (Lipinski definition) is 8. The first kappa shape index (κ1) is 25.4. The van der Waals surface area contributed by atoms with Gasteiger partial charge in [-0.1, -0.05) is 18.2 Å². The number of anilines is 1. The molecule has 2 atom stereocenters. The van der Waals surface area contributed by atoms with Crippen molar-refractivity contribution in [2.45, 2.75) is 46.0 Å². The Labute approximate surface area is 210 Å². The van der Waals surface area contributed by atoms with Gasteiger partial charge in [0.15, 0.2) is 11.6 Å². The summed E-state index contributed by atoms with van der Waals surface area (Å²) >= 11 is 0. The lowest BCUT2D eigenvalue weighted by molar-refractivity contribution is 0.0949. The summed E-state index contributed by atoms with van der Waals surface area (Å²) in [7, 11) is -2.58. The molecule has 4 aromatic rings. The Morgan fingerprint density at radius 2 is 1.61 bits per heavy atom. The largest absolute Gasteiger partial charge is 0.372 e. The molecule has 0 aliphatic heterocycles. The first-order valence-corrected chi connectivity index (χ1v) is 12.9. The molecule has 0 aliphatic rings. The highest BCUT2D eigenvalue weighted by Gasteiger charge is 2.34. The summed E-state index contributed by atoms with van der Waals surface area (Å²) in [6.45, 7) is 9.24. The number of nitrogens with zero attached hydrogens (tertiary/aromatic N) is 6. The Balaban J connectivity index is 1.80. The number of para-hydroxylation sites is 1. The maximum absolute atomic E-state index is 13.6. The molecule has 3 heterocycles. The Hall–Kier alpha value is -3.70. The van der Waals surface area contributed by atoms with Crippen LogP contribution in [0.15, 0.2) is 49.1 Å².